The molecule has 1 aromatic heterocycles. The van der Waals surface area contributed by atoms with Crippen LogP contribution in [0.25, 0.3) is 0 Å². The molecular weight excluding hydrogens is 301 g/mol. The van der Waals surface area contributed by atoms with E-state index in [1.165, 1.54) is 0 Å². The summed E-state index contributed by atoms with van der Waals surface area (Å²) in [6.07, 6.45) is 0. The van der Waals surface area contributed by atoms with E-state index in [0.29, 0.717) is 5.75 Å². The number of methoxy groups -OCH3 is 1. The van der Waals surface area contributed by atoms with Gasteiger partial charge in [-0.1, -0.05) is 12.1 Å². The third-order valence-electron chi connectivity index (χ3n) is 3.49. The lowest BCUT2D eigenvalue weighted by Crippen LogP contribution is -2.30. The molecule has 0 aliphatic rings. The van der Waals surface area contributed by atoms with Crippen molar-refractivity contribution in [2.45, 2.75) is 32.9 Å². The first-order valence-electron chi connectivity index (χ1n) is 7.24. The number of aromatic nitrogens is 2. The van der Waals surface area contributed by atoms with Gasteiger partial charge < -0.3 is 15.2 Å². The number of hydrogen-bond acceptors (Lipinski definition) is 5. The second-order valence-electron chi connectivity index (χ2n) is 5.47. The van der Waals surface area contributed by atoms with Gasteiger partial charge in [-0.25, -0.2) is 4.98 Å². The van der Waals surface area contributed by atoms with Crippen molar-refractivity contribution in [3.8, 4) is 11.8 Å². The summed E-state index contributed by atoms with van der Waals surface area (Å²) in [6.45, 7) is 5.01. The van der Waals surface area contributed by atoms with Gasteiger partial charge >= 0.3 is 0 Å². The van der Waals surface area contributed by atoms with Crippen LogP contribution in [-0.2, 0) is 0 Å². The molecule has 0 unspecified atom stereocenters. The molecule has 0 spiro atoms. The average molecular weight is 320 g/mol. The van der Waals surface area contributed by atoms with E-state index >= 15 is 0 Å². The Bertz CT molecular complexity index is 759. The summed E-state index contributed by atoms with van der Waals surface area (Å²) in [7, 11) is 1.55. The highest BCUT2D eigenvalue weighted by molar-refractivity contribution is 5.41. The topological polar surface area (TPSA) is 79.2 Å². The maximum absolute atomic E-state index is 14.2. The molecule has 2 rings (SSSR count). The smallest absolute Gasteiger partial charge is 0.291 e. The van der Waals surface area contributed by atoms with Crippen molar-refractivity contribution in [3.05, 3.63) is 46.0 Å². The fourth-order valence-corrected chi connectivity index (χ4v) is 2.24. The molecule has 7 heteroatoms. The summed E-state index contributed by atoms with van der Waals surface area (Å²) in [5.41, 5.74) is -0.161. The predicted octanol–water partition coefficient (Wildman–Crippen LogP) is 2.22. The number of anilines is 1. The van der Waals surface area contributed by atoms with E-state index in [-0.39, 0.29) is 11.9 Å². The van der Waals surface area contributed by atoms with Gasteiger partial charge in [0.2, 0.25) is 5.82 Å². The Morgan fingerprint density at radius 3 is 2.65 bits per heavy atom. The Kier molecular flexibility index (Phi) is 4.88. The highest BCUT2D eigenvalue weighted by Crippen LogP contribution is 2.23. The predicted molar refractivity (Wildman–Crippen MR) is 83.3 cm³/mol. The second-order valence-corrected chi connectivity index (χ2v) is 5.47. The van der Waals surface area contributed by atoms with Crippen molar-refractivity contribution < 1.29 is 14.2 Å². The van der Waals surface area contributed by atoms with E-state index in [1.54, 1.807) is 46.1 Å². The zero-order chi connectivity index (χ0) is 17.1. The molecule has 1 atom stereocenters. The quantitative estimate of drug-likeness (QED) is 0.914. The SMILES string of the molecule is COc1cccc([C@H](C)Nc2nc([O-])n(C(C)C)c(=O)c2F)c1. The first-order chi connectivity index (χ1) is 10.8. The minimum atomic E-state index is -1.06. The molecule has 0 fully saturated rings. The van der Waals surface area contributed by atoms with Gasteiger partial charge in [-0.3, -0.25) is 9.36 Å². The molecule has 0 radical (unpaired) electrons. The number of hydrogen-bond donors (Lipinski definition) is 1. The van der Waals surface area contributed by atoms with E-state index in [9.17, 15) is 14.3 Å². The zero-order valence-electron chi connectivity index (χ0n) is 13.5. The molecule has 0 aliphatic heterocycles. The van der Waals surface area contributed by atoms with Crippen molar-refractivity contribution in [2.24, 2.45) is 0 Å². The molecule has 0 saturated carbocycles. The number of nitrogens with zero attached hydrogens (tertiary/aromatic N) is 2. The van der Waals surface area contributed by atoms with E-state index in [1.807, 2.05) is 6.07 Å². The Morgan fingerprint density at radius 1 is 1.35 bits per heavy atom. The van der Waals surface area contributed by atoms with Gasteiger partial charge in [-0.05, 0) is 38.5 Å². The largest absolute Gasteiger partial charge is 0.846 e. The summed E-state index contributed by atoms with van der Waals surface area (Å²) in [4.78, 5) is 15.6. The Morgan fingerprint density at radius 2 is 2.04 bits per heavy atom. The maximum atomic E-state index is 14.2. The van der Waals surface area contributed by atoms with Gasteiger partial charge in [0, 0.05) is 6.04 Å². The Balaban J connectivity index is 2.34. The average Bonchev–Trinajstić information content (AvgIpc) is 2.52. The van der Waals surface area contributed by atoms with Gasteiger partial charge in [0.1, 0.15) is 5.75 Å². The first-order valence-corrected chi connectivity index (χ1v) is 7.24. The summed E-state index contributed by atoms with van der Waals surface area (Å²) in [5, 5.41) is 14.7. The highest BCUT2D eigenvalue weighted by Gasteiger charge is 2.17. The van der Waals surface area contributed by atoms with E-state index in [2.05, 4.69) is 10.3 Å². The summed E-state index contributed by atoms with van der Waals surface area (Å²) in [5.74, 6) is -0.746. The van der Waals surface area contributed by atoms with Crippen molar-refractivity contribution in [2.75, 3.05) is 12.4 Å². The number of rotatable bonds is 5. The Labute approximate surface area is 133 Å². The molecule has 1 aromatic carbocycles. The zero-order valence-corrected chi connectivity index (χ0v) is 13.5. The molecule has 23 heavy (non-hydrogen) atoms. The lowest BCUT2D eigenvalue weighted by molar-refractivity contribution is -0.287. The van der Waals surface area contributed by atoms with Crippen LogP contribution in [0.15, 0.2) is 29.1 Å². The van der Waals surface area contributed by atoms with Crippen LogP contribution >= 0.6 is 0 Å². The lowest BCUT2D eigenvalue weighted by atomic mass is 10.1. The molecule has 0 bridgehead atoms. The first kappa shape index (κ1) is 16.8. The highest BCUT2D eigenvalue weighted by atomic mass is 19.1. The molecule has 0 amide bonds. The fourth-order valence-electron chi connectivity index (χ4n) is 2.24. The van der Waals surface area contributed by atoms with Crippen molar-refractivity contribution in [1.82, 2.24) is 9.55 Å². The standard InChI is InChI=1S/C16H20FN3O3/c1-9(2)20-15(21)13(17)14(19-16(20)22)18-10(3)11-6-5-7-12(8-11)23-4/h5-10,18H,1-4H3,(H,19,22)/p-1/t10-/m0/s1. The van der Waals surface area contributed by atoms with Crippen molar-refractivity contribution in [3.63, 3.8) is 0 Å². The monoisotopic (exact) mass is 320 g/mol. The Hall–Kier alpha value is -2.57. The van der Waals surface area contributed by atoms with Gasteiger partial charge in [-0.15, -0.1) is 0 Å². The maximum Gasteiger partial charge on any atom is 0.291 e. The molecule has 1 heterocycles. The van der Waals surface area contributed by atoms with E-state index in [0.717, 1.165) is 10.1 Å². The third kappa shape index (κ3) is 3.44. The van der Waals surface area contributed by atoms with E-state index < -0.39 is 23.4 Å². The molecule has 6 nitrogen and oxygen atoms in total. The summed E-state index contributed by atoms with van der Waals surface area (Å²) < 4.78 is 20.1. The molecule has 0 aliphatic carbocycles. The number of nitrogens with one attached hydrogen (secondary N) is 1. The van der Waals surface area contributed by atoms with Crippen LogP contribution in [0.2, 0.25) is 0 Å². The normalized spacial score (nSPS) is 12.3. The van der Waals surface area contributed by atoms with Gasteiger partial charge in [0.05, 0.1) is 19.2 Å². The summed E-state index contributed by atoms with van der Waals surface area (Å²) in [6, 6.07) is 5.60. The summed E-state index contributed by atoms with van der Waals surface area (Å²) >= 11 is 0. The van der Waals surface area contributed by atoms with Gasteiger partial charge in [-0.2, -0.15) is 4.39 Å². The second kappa shape index (κ2) is 6.68. The number of benzene rings is 1. The molecule has 2 aromatic rings. The van der Waals surface area contributed by atoms with Gasteiger partial charge in [0.25, 0.3) is 5.56 Å². The van der Waals surface area contributed by atoms with Crippen LogP contribution in [0.1, 0.15) is 38.4 Å². The van der Waals surface area contributed by atoms with Gasteiger partial charge in [0.15, 0.2) is 5.82 Å². The molecule has 0 saturated heterocycles. The minimum absolute atomic E-state index is 0.341. The van der Waals surface area contributed by atoms with Crippen molar-refractivity contribution >= 4 is 5.82 Å². The van der Waals surface area contributed by atoms with E-state index in [4.69, 9.17) is 4.74 Å². The number of ether oxygens (including phenoxy) is 1. The van der Waals surface area contributed by atoms with Crippen LogP contribution in [0.3, 0.4) is 0 Å². The van der Waals surface area contributed by atoms with Crippen LogP contribution < -0.4 is 20.7 Å². The number of halogens is 1. The fraction of sp³-hybridized carbons (Fsp3) is 0.375. The van der Waals surface area contributed by atoms with Crippen LogP contribution in [0.4, 0.5) is 10.2 Å². The lowest BCUT2D eigenvalue weighted by Gasteiger charge is -2.22. The minimum Gasteiger partial charge on any atom is -0.846 e. The molecule has 1 N–H and O–H groups in total. The van der Waals surface area contributed by atoms with Crippen LogP contribution in [0, 0.1) is 5.82 Å². The third-order valence-corrected chi connectivity index (χ3v) is 3.49. The molecular formula is C16H19FN3O3-. The molecule has 124 valence electrons. The van der Waals surface area contributed by atoms with Crippen molar-refractivity contribution in [1.29, 1.82) is 0 Å². The van der Waals surface area contributed by atoms with Crippen LogP contribution in [-0.4, -0.2) is 16.7 Å². The van der Waals surface area contributed by atoms with Crippen LogP contribution in [0.5, 0.6) is 11.8 Å².